The summed E-state index contributed by atoms with van der Waals surface area (Å²) in [5, 5.41) is 2.46. The van der Waals surface area contributed by atoms with Crippen LogP contribution in [0.4, 0.5) is 11.4 Å². The number of amides is 3. The molecule has 3 fully saturated rings. The number of hydrogen-bond acceptors (Lipinski definition) is 5. The summed E-state index contributed by atoms with van der Waals surface area (Å²) in [4.78, 5) is 52.2. The van der Waals surface area contributed by atoms with Gasteiger partial charge in [0.05, 0.1) is 43.9 Å². The van der Waals surface area contributed by atoms with E-state index in [9.17, 15) is 19.2 Å². The minimum absolute atomic E-state index is 0.0934. The smallest absolute Gasteiger partial charge is 0.338 e. The molecule has 1 N–H and O–H groups in total. The molecule has 2 bridgehead atoms. The number of carbonyl (C=O) groups excluding carboxylic acids is 4. The third kappa shape index (κ3) is 4.18. The van der Waals surface area contributed by atoms with Crippen molar-refractivity contribution in [1.82, 2.24) is 0 Å². The van der Waals surface area contributed by atoms with E-state index in [4.69, 9.17) is 51.1 Å². The van der Waals surface area contributed by atoms with Gasteiger partial charge in [0.25, 0.3) is 5.91 Å². The van der Waals surface area contributed by atoms with E-state index in [0.717, 1.165) is 4.90 Å². The predicted octanol–water partition coefficient (Wildman–Crippen LogP) is 4.76. The zero-order chi connectivity index (χ0) is 25.0. The first kappa shape index (κ1) is 24.4. The van der Waals surface area contributed by atoms with Crippen molar-refractivity contribution < 1.29 is 23.9 Å². The molecule has 0 radical (unpaired) electrons. The van der Waals surface area contributed by atoms with Crippen LogP contribution in [0.2, 0.25) is 10.0 Å². The summed E-state index contributed by atoms with van der Waals surface area (Å²) in [5.41, 5.74) is 0.753. The topological polar surface area (TPSA) is 92.8 Å². The number of nitrogens with zero attached hydrogens (tertiary/aromatic N) is 1. The number of benzene rings is 2. The van der Waals surface area contributed by atoms with Crippen molar-refractivity contribution in [2.75, 3.05) is 16.8 Å². The molecule has 11 heteroatoms. The zero-order valence-corrected chi connectivity index (χ0v) is 20.9. The number of nitrogens with one attached hydrogen (secondary N) is 1. The number of ether oxygens (including phenoxy) is 1. The van der Waals surface area contributed by atoms with Crippen molar-refractivity contribution in [3.8, 4) is 0 Å². The maximum atomic E-state index is 13.2. The van der Waals surface area contributed by atoms with Gasteiger partial charge in [-0.25, -0.2) is 4.79 Å². The Bertz CT molecular complexity index is 1220. The molecule has 0 aromatic heterocycles. The van der Waals surface area contributed by atoms with Crippen LogP contribution in [-0.2, 0) is 19.1 Å². The zero-order valence-electron chi connectivity index (χ0n) is 17.9. The van der Waals surface area contributed by atoms with Crippen LogP contribution in [0.25, 0.3) is 0 Å². The summed E-state index contributed by atoms with van der Waals surface area (Å²) in [6.07, 6.45) is 0.666. The van der Waals surface area contributed by atoms with Gasteiger partial charge in [0.15, 0.2) is 6.61 Å². The fraction of sp³-hybridized carbons (Fsp3) is 0.333. The molecule has 0 unspecified atom stereocenters. The first-order valence-electron chi connectivity index (χ1n) is 10.9. The lowest BCUT2D eigenvalue weighted by atomic mass is 9.80. The van der Waals surface area contributed by atoms with Crippen molar-refractivity contribution in [2.24, 2.45) is 23.7 Å². The Kier molecular flexibility index (Phi) is 6.46. The van der Waals surface area contributed by atoms with E-state index in [-0.39, 0.29) is 50.7 Å². The van der Waals surface area contributed by atoms with Gasteiger partial charge in [-0.05, 0) is 54.7 Å². The van der Waals surface area contributed by atoms with Gasteiger partial charge in [-0.2, -0.15) is 0 Å². The molecule has 182 valence electrons. The highest BCUT2D eigenvalue weighted by Crippen LogP contribution is 2.59. The van der Waals surface area contributed by atoms with Gasteiger partial charge >= 0.3 is 5.97 Å². The van der Waals surface area contributed by atoms with Crippen LogP contribution in [0.3, 0.4) is 0 Å². The molecule has 3 aliphatic rings. The second kappa shape index (κ2) is 9.28. The fourth-order valence-corrected chi connectivity index (χ4v) is 6.55. The molecule has 3 amide bonds. The molecule has 2 aromatic carbocycles. The Labute approximate surface area is 220 Å². The largest absolute Gasteiger partial charge is 0.452 e. The van der Waals surface area contributed by atoms with Gasteiger partial charge in [-0.1, -0.05) is 29.3 Å². The van der Waals surface area contributed by atoms with E-state index in [1.54, 1.807) is 18.2 Å². The molecular weight excluding hydrogens is 538 g/mol. The molecule has 2 aliphatic carbocycles. The number of fused-ring (bicyclic) bond motifs is 5. The van der Waals surface area contributed by atoms with Crippen molar-refractivity contribution in [2.45, 2.75) is 17.2 Å². The van der Waals surface area contributed by atoms with Gasteiger partial charge in [0.1, 0.15) is 0 Å². The summed E-state index contributed by atoms with van der Waals surface area (Å²) in [6, 6.07) is 10.5. The molecule has 2 aromatic rings. The number of esters is 1. The quantitative estimate of drug-likeness (QED) is 0.326. The maximum absolute atomic E-state index is 13.2. The maximum Gasteiger partial charge on any atom is 0.338 e. The number of hydrogen-bond donors (Lipinski definition) is 1. The summed E-state index contributed by atoms with van der Waals surface area (Å²) in [7, 11) is 0. The van der Waals surface area contributed by atoms with Gasteiger partial charge in [0, 0.05) is 5.69 Å². The van der Waals surface area contributed by atoms with Crippen LogP contribution >= 0.6 is 46.4 Å². The van der Waals surface area contributed by atoms with Gasteiger partial charge in [0.2, 0.25) is 11.8 Å². The molecule has 0 spiro atoms. The van der Waals surface area contributed by atoms with Gasteiger partial charge in [-0.15, -0.1) is 23.2 Å². The second-order valence-corrected chi connectivity index (χ2v) is 10.6. The normalized spacial score (nSPS) is 28.9. The SMILES string of the molecule is O=C(COC(=O)c1cccc(N2C(=O)[C@@H]3[C@H]4C[C@@H]([C@H](Cl)[C@@H]4Cl)[C@@H]3C2=O)c1)Nc1ccc(Cl)c(Cl)c1. The first-order chi connectivity index (χ1) is 16.7. The summed E-state index contributed by atoms with van der Waals surface area (Å²) in [6.45, 7) is -0.549. The molecule has 6 atom stereocenters. The molecule has 7 nitrogen and oxygen atoms in total. The molecule has 35 heavy (non-hydrogen) atoms. The number of rotatable bonds is 5. The average Bonchev–Trinajstić information content (AvgIpc) is 3.44. The molecule has 1 saturated heterocycles. The monoisotopic (exact) mass is 554 g/mol. The summed E-state index contributed by atoms with van der Waals surface area (Å²) < 4.78 is 5.10. The van der Waals surface area contributed by atoms with Crippen LogP contribution in [0, 0.1) is 23.7 Å². The lowest BCUT2D eigenvalue weighted by Gasteiger charge is -2.28. The van der Waals surface area contributed by atoms with Crippen molar-refractivity contribution >= 4 is 81.5 Å². The van der Waals surface area contributed by atoms with Crippen LogP contribution in [-0.4, -0.2) is 41.1 Å². The fourth-order valence-electron chi connectivity index (χ4n) is 5.36. The molecule has 1 heterocycles. The van der Waals surface area contributed by atoms with E-state index >= 15 is 0 Å². The average molecular weight is 556 g/mol. The van der Waals surface area contributed by atoms with E-state index in [1.807, 2.05) is 0 Å². The highest BCUT2D eigenvalue weighted by Gasteiger charge is 2.66. The minimum Gasteiger partial charge on any atom is -0.452 e. The molecule has 5 rings (SSSR count). The third-order valence-electron chi connectivity index (χ3n) is 6.86. The number of alkyl halides is 2. The van der Waals surface area contributed by atoms with E-state index in [2.05, 4.69) is 5.32 Å². The first-order valence-corrected chi connectivity index (χ1v) is 12.5. The van der Waals surface area contributed by atoms with Gasteiger partial charge < -0.3 is 10.1 Å². The van der Waals surface area contributed by atoms with E-state index in [0.29, 0.717) is 17.1 Å². The predicted molar refractivity (Wildman–Crippen MR) is 132 cm³/mol. The number of imide groups is 1. The van der Waals surface area contributed by atoms with E-state index < -0.39 is 30.3 Å². The summed E-state index contributed by atoms with van der Waals surface area (Å²) in [5.74, 6) is -3.28. The van der Waals surface area contributed by atoms with Crippen molar-refractivity contribution in [3.63, 3.8) is 0 Å². The highest BCUT2D eigenvalue weighted by molar-refractivity contribution is 6.42. The lowest BCUT2D eigenvalue weighted by molar-refractivity contribution is -0.123. The number of carbonyl (C=O) groups is 4. The Morgan fingerprint density at radius 3 is 2.23 bits per heavy atom. The Balaban J connectivity index is 1.26. The Morgan fingerprint density at radius 1 is 0.943 bits per heavy atom. The Morgan fingerprint density at radius 2 is 1.60 bits per heavy atom. The molecule has 1 aliphatic heterocycles. The van der Waals surface area contributed by atoms with Gasteiger partial charge in [-0.3, -0.25) is 19.3 Å². The number of halogens is 4. The summed E-state index contributed by atoms with van der Waals surface area (Å²) >= 11 is 24.6. The molecule has 2 saturated carbocycles. The highest BCUT2D eigenvalue weighted by atomic mass is 35.5. The standard InChI is InChI=1S/C24H18Cl4N2O5/c25-15-5-4-11(7-16(15)26)29-17(31)9-35-24(34)10-2-1-3-12(6-10)30-22(32)18-13-8-14(19(18)23(30)33)21(28)20(13)27/h1-7,13-14,18-21H,8-9H2,(H,29,31)/t13-,14-,18-,19+,20-,21+/m1/s1. The van der Waals surface area contributed by atoms with E-state index in [1.165, 1.54) is 24.3 Å². The Hall–Kier alpha value is -2.32. The third-order valence-corrected chi connectivity index (χ3v) is 8.92. The number of anilines is 2. The van der Waals surface area contributed by atoms with Crippen LogP contribution in [0.1, 0.15) is 16.8 Å². The van der Waals surface area contributed by atoms with Crippen molar-refractivity contribution in [3.05, 3.63) is 58.1 Å². The van der Waals surface area contributed by atoms with Crippen molar-refractivity contribution in [1.29, 1.82) is 0 Å². The lowest BCUT2D eigenvalue weighted by Crippen LogP contribution is -2.37. The molecular formula is C24H18Cl4N2O5. The van der Waals surface area contributed by atoms with Crippen LogP contribution < -0.4 is 10.2 Å². The van der Waals surface area contributed by atoms with Crippen LogP contribution in [0.15, 0.2) is 42.5 Å². The van der Waals surface area contributed by atoms with Crippen LogP contribution in [0.5, 0.6) is 0 Å². The second-order valence-electron chi connectivity index (χ2n) is 8.82. The minimum atomic E-state index is -0.780.